The van der Waals surface area contributed by atoms with E-state index in [0.717, 1.165) is 16.9 Å². The van der Waals surface area contributed by atoms with Gasteiger partial charge in [0.1, 0.15) is 11.2 Å². The number of anilines is 1. The highest BCUT2D eigenvalue weighted by Gasteiger charge is 2.12. The number of amides is 1. The second-order valence-electron chi connectivity index (χ2n) is 5.97. The lowest BCUT2D eigenvalue weighted by Gasteiger charge is -2.07. The predicted octanol–water partition coefficient (Wildman–Crippen LogP) is 2.95. The van der Waals surface area contributed by atoms with Gasteiger partial charge in [-0.2, -0.15) is 0 Å². The lowest BCUT2D eigenvalue weighted by atomic mass is 10.1. The highest BCUT2D eigenvalue weighted by molar-refractivity contribution is 6.04. The van der Waals surface area contributed by atoms with Gasteiger partial charge in [-0.1, -0.05) is 18.2 Å². The van der Waals surface area contributed by atoms with Crippen LogP contribution in [0.1, 0.15) is 10.4 Å². The first-order valence-electron chi connectivity index (χ1n) is 8.13. The fourth-order valence-electron chi connectivity index (χ4n) is 2.80. The molecule has 0 radical (unpaired) electrons. The highest BCUT2D eigenvalue weighted by atomic mass is 16.2. The SMILES string of the molecule is Cn1cccc(C(=O)Nc2cccc(-c3cn4ccccc4n3)c2)c1=O. The summed E-state index contributed by atoms with van der Waals surface area (Å²) in [7, 11) is 1.61. The maximum atomic E-state index is 12.4. The number of pyridine rings is 2. The summed E-state index contributed by atoms with van der Waals surface area (Å²) in [4.78, 5) is 29.1. The molecule has 0 unspecified atom stereocenters. The van der Waals surface area contributed by atoms with Crippen LogP contribution in [0.3, 0.4) is 0 Å². The van der Waals surface area contributed by atoms with Gasteiger partial charge in [0, 0.05) is 36.9 Å². The molecule has 128 valence electrons. The van der Waals surface area contributed by atoms with E-state index in [4.69, 9.17) is 0 Å². The third kappa shape index (κ3) is 2.88. The molecule has 4 aromatic rings. The zero-order chi connectivity index (χ0) is 18.1. The molecule has 3 heterocycles. The van der Waals surface area contributed by atoms with Gasteiger partial charge in [-0.05, 0) is 36.4 Å². The maximum Gasteiger partial charge on any atom is 0.263 e. The van der Waals surface area contributed by atoms with Crippen molar-refractivity contribution in [3.63, 3.8) is 0 Å². The van der Waals surface area contributed by atoms with Gasteiger partial charge < -0.3 is 14.3 Å². The van der Waals surface area contributed by atoms with Crippen molar-refractivity contribution in [2.75, 3.05) is 5.32 Å². The molecule has 0 saturated heterocycles. The summed E-state index contributed by atoms with van der Waals surface area (Å²) in [6.45, 7) is 0. The van der Waals surface area contributed by atoms with Gasteiger partial charge in [-0.3, -0.25) is 9.59 Å². The number of benzene rings is 1. The van der Waals surface area contributed by atoms with Crippen LogP contribution in [0.2, 0.25) is 0 Å². The molecule has 0 aliphatic heterocycles. The molecule has 0 atom stereocenters. The van der Waals surface area contributed by atoms with Gasteiger partial charge >= 0.3 is 0 Å². The number of rotatable bonds is 3. The fraction of sp³-hybridized carbons (Fsp3) is 0.0500. The maximum absolute atomic E-state index is 12.4. The van der Waals surface area contributed by atoms with Crippen LogP contribution in [0, 0.1) is 0 Å². The first-order valence-corrected chi connectivity index (χ1v) is 8.13. The average Bonchev–Trinajstić information content (AvgIpc) is 3.08. The molecule has 3 aromatic heterocycles. The van der Waals surface area contributed by atoms with E-state index in [1.165, 1.54) is 10.6 Å². The van der Waals surface area contributed by atoms with Gasteiger partial charge in [0.2, 0.25) is 0 Å². The minimum atomic E-state index is -0.432. The summed E-state index contributed by atoms with van der Waals surface area (Å²) in [6.07, 6.45) is 5.48. The van der Waals surface area contributed by atoms with Crippen LogP contribution < -0.4 is 10.9 Å². The molecule has 0 spiro atoms. The van der Waals surface area contributed by atoms with E-state index in [0.29, 0.717) is 5.69 Å². The normalized spacial score (nSPS) is 10.8. The lowest BCUT2D eigenvalue weighted by Crippen LogP contribution is -2.26. The summed E-state index contributed by atoms with van der Waals surface area (Å²) in [5, 5.41) is 2.78. The van der Waals surface area contributed by atoms with Crippen LogP contribution in [-0.4, -0.2) is 19.9 Å². The number of carbonyl (C=O) groups is 1. The summed E-state index contributed by atoms with van der Waals surface area (Å²) in [6, 6.07) is 16.4. The molecule has 0 bridgehead atoms. The molecule has 1 aromatic carbocycles. The molecule has 6 nitrogen and oxygen atoms in total. The Morgan fingerprint density at radius 2 is 1.92 bits per heavy atom. The van der Waals surface area contributed by atoms with Crippen molar-refractivity contribution < 1.29 is 4.79 Å². The first-order chi connectivity index (χ1) is 12.6. The van der Waals surface area contributed by atoms with E-state index in [9.17, 15) is 9.59 Å². The number of imidazole rings is 1. The fourth-order valence-corrected chi connectivity index (χ4v) is 2.80. The third-order valence-corrected chi connectivity index (χ3v) is 4.15. The van der Waals surface area contributed by atoms with Crippen molar-refractivity contribution in [1.29, 1.82) is 0 Å². The highest BCUT2D eigenvalue weighted by Crippen LogP contribution is 2.22. The quantitative estimate of drug-likeness (QED) is 0.621. The monoisotopic (exact) mass is 344 g/mol. The topological polar surface area (TPSA) is 68.4 Å². The Balaban J connectivity index is 1.64. The summed E-state index contributed by atoms with van der Waals surface area (Å²) in [5.74, 6) is -0.432. The molecular formula is C20H16N4O2. The first kappa shape index (κ1) is 15.8. The smallest absolute Gasteiger partial charge is 0.263 e. The largest absolute Gasteiger partial charge is 0.322 e. The van der Waals surface area contributed by atoms with Crippen LogP contribution in [0.5, 0.6) is 0 Å². The van der Waals surface area contributed by atoms with E-state index in [-0.39, 0.29) is 11.1 Å². The number of carbonyl (C=O) groups excluding carboxylic acids is 1. The van der Waals surface area contributed by atoms with Crippen molar-refractivity contribution in [1.82, 2.24) is 14.0 Å². The predicted molar refractivity (Wildman–Crippen MR) is 100 cm³/mol. The van der Waals surface area contributed by atoms with E-state index in [1.54, 1.807) is 25.4 Å². The zero-order valence-corrected chi connectivity index (χ0v) is 14.1. The molecule has 0 fully saturated rings. The van der Waals surface area contributed by atoms with Crippen molar-refractivity contribution in [3.8, 4) is 11.3 Å². The number of hydrogen-bond donors (Lipinski definition) is 1. The Bertz CT molecular complexity index is 1140. The number of nitrogens with zero attached hydrogens (tertiary/aromatic N) is 3. The van der Waals surface area contributed by atoms with E-state index >= 15 is 0 Å². The molecule has 0 aliphatic rings. The molecule has 4 rings (SSSR count). The molecule has 0 saturated carbocycles. The summed E-state index contributed by atoms with van der Waals surface area (Å²) < 4.78 is 3.32. The zero-order valence-electron chi connectivity index (χ0n) is 14.1. The molecule has 1 N–H and O–H groups in total. The number of nitrogens with one attached hydrogen (secondary N) is 1. The second-order valence-corrected chi connectivity index (χ2v) is 5.97. The lowest BCUT2D eigenvalue weighted by molar-refractivity contribution is 0.102. The number of aryl methyl sites for hydroxylation is 1. The van der Waals surface area contributed by atoms with Crippen molar-refractivity contribution >= 4 is 17.2 Å². The van der Waals surface area contributed by atoms with Crippen LogP contribution in [0.15, 0.2) is 78.0 Å². The van der Waals surface area contributed by atoms with Gasteiger partial charge in [0.05, 0.1) is 5.69 Å². The molecule has 6 heteroatoms. The molecule has 0 aliphatic carbocycles. The Kier molecular flexibility index (Phi) is 3.85. The van der Waals surface area contributed by atoms with Gasteiger partial charge in [-0.15, -0.1) is 0 Å². The molecular weight excluding hydrogens is 328 g/mol. The van der Waals surface area contributed by atoms with Crippen LogP contribution in [-0.2, 0) is 7.05 Å². The minimum absolute atomic E-state index is 0.105. The van der Waals surface area contributed by atoms with Crippen LogP contribution in [0.4, 0.5) is 5.69 Å². The molecule has 26 heavy (non-hydrogen) atoms. The Hall–Kier alpha value is -3.67. The Morgan fingerprint density at radius 3 is 2.77 bits per heavy atom. The Morgan fingerprint density at radius 1 is 1.04 bits per heavy atom. The van der Waals surface area contributed by atoms with Crippen molar-refractivity contribution in [2.45, 2.75) is 0 Å². The average molecular weight is 344 g/mol. The summed E-state index contributed by atoms with van der Waals surface area (Å²) in [5.41, 5.74) is 2.92. The van der Waals surface area contributed by atoms with Crippen molar-refractivity contribution in [2.24, 2.45) is 7.05 Å². The van der Waals surface area contributed by atoms with Crippen molar-refractivity contribution in [3.05, 3.63) is 89.1 Å². The van der Waals surface area contributed by atoms with Gasteiger partial charge in [0.25, 0.3) is 11.5 Å². The van der Waals surface area contributed by atoms with Crippen LogP contribution in [0.25, 0.3) is 16.9 Å². The summed E-state index contributed by atoms with van der Waals surface area (Å²) >= 11 is 0. The number of hydrogen-bond acceptors (Lipinski definition) is 3. The van der Waals surface area contributed by atoms with E-state index in [2.05, 4.69) is 10.3 Å². The third-order valence-electron chi connectivity index (χ3n) is 4.15. The Labute approximate surface area is 149 Å². The minimum Gasteiger partial charge on any atom is -0.322 e. The number of aromatic nitrogens is 3. The standard InChI is InChI=1S/C20H16N4O2/c1-23-10-5-8-16(20(23)26)19(25)21-15-7-4-6-14(12-15)17-13-24-11-3-2-9-18(24)22-17/h2-13H,1H3,(H,21,25). The van der Waals surface area contributed by atoms with Crippen LogP contribution >= 0.6 is 0 Å². The van der Waals surface area contributed by atoms with Gasteiger partial charge in [0.15, 0.2) is 0 Å². The molecule has 1 amide bonds. The van der Waals surface area contributed by atoms with E-state index in [1.807, 2.05) is 53.2 Å². The van der Waals surface area contributed by atoms with Gasteiger partial charge in [-0.25, -0.2) is 4.98 Å². The second kappa shape index (κ2) is 6.33. The van der Waals surface area contributed by atoms with E-state index < -0.39 is 5.91 Å². The number of fused-ring (bicyclic) bond motifs is 1.